The largest absolute Gasteiger partial charge is 0.417 e. The average Bonchev–Trinajstić information content (AvgIpc) is 2.57. The molecule has 8 heteroatoms. The van der Waals surface area contributed by atoms with Crippen molar-refractivity contribution >= 4 is 40.0 Å². The Bertz CT molecular complexity index is 940. The number of nitro benzene ring substituents is 1. The molecule has 0 aliphatic heterocycles. The number of pyridine rings is 1. The fourth-order valence-electron chi connectivity index (χ4n) is 2.11. The van der Waals surface area contributed by atoms with Crippen LogP contribution < -0.4 is 10.1 Å². The maximum Gasteiger partial charge on any atom is 0.417 e. The molecule has 1 amide bonds. The van der Waals surface area contributed by atoms with Crippen molar-refractivity contribution in [3.63, 3.8) is 0 Å². The van der Waals surface area contributed by atoms with E-state index in [0.29, 0.717) is 11.3 Å². The van der Waals surface area contributed by atoms with Gasteiger partial charge in [-0.2, -0.15) is 0 Å². The van der Waals surface area contributed by atoms with Crippen LogP contribution in [-0.2, 0) is 0 Å². The topological polar surface area (TPSA) is 94.4 Å². The summed E-state index contributed by atoms with van der Waals surface area (Å²) in [7, 11) is 0. The summed E-state index contributed by atoms with van der Waals surface area (Å²) in [6.07, 6.45) is 0.823. The number of hydrogen-bond donors (Lipinski definition) is 1. The van der Waals surface area contributed by atoms with Crippen LogP contribution in [0.5, 0.6) is 5.75 Å². The fraction of sp³-hybridized carbons (Fsp3) is 0. The van der Waals surface area contributed by atoms with Crippen LogP contribution in [0.2, 0.25) is 5.02 Å². The maximum atomic E-state index is 12.0. The van der Waals surface area contributed by atoms with Crippen LogP contribution in [0.3, 0.4) is 0 Å². The standard InChI is InChI=1S/C16H10ClN3O4/c17-12-9-11(20(22)23)6-7-13(12)19-16(21)24-14-5-1-3-10-4-2-8-18-15(10)14/h1-9H,(H,19,21). The molecule has 7 nitrogen and oxygen atoms in total. The zero-order valence-corrected chi connectivity index (χ0v) is 12.9. The number of benzene rings is 2. The van der Waals surface area contributed by atoms with Crippen molar-refractivity contribution in [2.24, 2.45) is 0 Å². The Labute approximate surface area is 141 Å². The van der Waals surface area contributed by atoms with Gasteiger partial charge in [0.05, 0.1) is 15.6 Å². The van der Waals surface area contributed by atoms with Gasteiger partial charge in [0.2, 0.25) is 0 Å². The molecule has 0 unspecified atom stereocenters. The molecule has 24 heavy (non-hydrogen) atoms. The predicted octanol–water partition coefficient (Wildman–Crippen LogP) is 4.41. The number of nitrogens with zero attached hydrogens (tertiary/aromatic N) is 2. The number of carbonyl (C=O) groups is 1. The Morgan fingerprint density at radius 1 is 1.21 bits per heavy atom. The van der Waals surface area contributed by atoms with E-state index in [9.17, 15) is 14.9 Å². The lowest BCUT2D eigenvalue weighted by atomic mass is 10.2. The van der Waals surface area contributed by atoms with E-state index in [1.165, 1.54) is 12.1 Å². The summed E-state index contributed by atoms with van der Waals surface area (Å²) in [6.45, 7) is 0. The van der Waals surface area contributed by atoms with Gasteiger partial charge in [-0.25, -0.2) is 4.79 Å². The molecule has 1 N–H and O–H groups in total. The predicted molar refractivity (Wildman–Crippen MR) is 89.5 cm³/mol. The number of hydrogen-bond acceptors (Lipinski definition) is 5. The number of para-hydroxylation sites is 1. The van der Waals surface area contributed by atoms with Crippen molar-refractivity contribution in [3.05, 3.63) is 69.9 Å². The molecule has 0 saturated carbocycles. The molecular weight excluding hydrogens is 334 g/mol. The van der Waals surface area contributed by atoms with Crippen LogP contribution in [0.15, 0.2) is 54.7 Å². The molecule has 0 aliphatic carbocycles. The first-order valence-electron chi connectivity index (χ1n) is 6.81. The molecule has 0 fully saturated rings. The first kappa shape index (κ1) is 15.7. The zero-order chi connectivity index (χ0) is 17.1. The van der Waals surface area contributed by atoms with Gasteiger partial charge in [-0.1, -0.05) is 29.8 Å². The number of nitro groups is 1. The van der Waals surface area contributed by atoms with Gasteiger partial charge < -0.3 is 4.74 Å². The highest BCUT2D eigenvalue weighted by Gasteiger charge is 2.13. The summed E-state index contributed by atoms with van der Waals surface area (Å²) < 4.78 is 5.26. The number of anilines is 1. The van der Waals surface area contributed by atoms with Crippen molar-refractivity contribution < 1.29 is 14.5 Å². The molecule has 3 aromatic rings. The second kappa shape index (κ2) is 6.51. The number of amides is 1. The monoisotopic (exact) mass is 343 g/mol. The van der Waals surface area contributed by atoms with Crippen LogP contribution in [0.1, 0.15) is 0 Å². The van der Waals surface area contributed by atoms with Gasteiger partial charge in [0, 0.05) is 23.7 Å². The third-order valence-corrected chi connectivity index (χ3v) is 3.51. The van der Waals surface area contributed by atoms with Crippen molar-refractivity contribution in [1.29, 1.82) is 0 Å². The summed E-state index contributed by atoms with van der Waals surface area (Å²) >= 11 is 5.93. The number of aromatic nitrogens is 1. The van der Waals surface area contributed by atoms with Crippen LogP contribution >= 0.6 is 11.6 Å². The van der Waals surface area contributed by atoms with Crippen LogP contribution in [-0.4, -0.2) is 16.0 Å². The van der Waals surface area contributed by atoms with E-state index in [4.69, 9.17) is 16.3 Å². The Balaban J connectivity index is 1.79. The third-order valence-electron chi connectivity index (χ3n) is 3.20. The lowest BCUT2D eigenvalue weighted by molar-refractivity contribution is -0.384. The van der Waals surface area contributed by atoms with E-state index in [1.807, 2.05) is 12.1 Å². The van der Waals surface area contributed by atoms with Crippen molar-refractivity contribution in [2.75, 3.05) is 5.32 Å². The summed E-state index contributed by atoms with van der Waals surface area (Å²) in [4.78, 5) is 26.3. The lowest BCUT2D eigenvalue weighted by Gasteiger charge is -2.09. The van der Waals surface area contributed by atoms with E-state index in [0.717, 1.165) is 11.5 Å². The molecule has 1 aromatic heterocycles. The minimum absolute atomic E-state index is 0.0391. The first-order chi connectivity index (χ1) is 11.5. The molecule has 0 saturated heterocycles. The Morgan fingerprint density at radius 3 is 2.75 bits per heavy atom. The normalized spacial score (nSPS) is 10.4. The van der Waals surface area contributed by atoms with E-state index < -0.39 is 11.0 Å². The van der Waals surface area contributed by atoms with Gasteiger partial charge >= 0.3 is 6.09 Å². The van der Waals surface area contributed by atoms with Gasteiger partial charge in [0.1, 0.15) is 5.52 Å². The number of ether oxygens (including phenoxy) is 1. The highest BCUT2D eigenvalue weighted by atomic mass is 35.5. The number of carbonyl (C=O) groups excluding carboxylic acids is 1. The highest BCUT2D eigenvalue weighted by Crippen LogP contribution is 2.28. The van der Waals surface area contributed by atoms with Gasteiger partial charge in [-0.15, -0.1) is 0 Å². The average molecular weight is 344 g/mol. The molecular formula is C16H10ClN3O4. The lowest BCUT2D eigenvalue weighted by Crippen LogP contribution is -2.17. The molecule has 1 heterocycles. The zero-order valence-electron chi connectivity index (χ0n) is 12.1. The Morgan fingerprint density at radius 2 is 2.00 bits per heavy atom. The van der Waals surface area contributed by atoms with Gasteiger partial charge in [-0.3, -0.25) is 20.4 Å². The third kappa shape index (κ3) is 3.26. The van der Waals surface area contributed by atoms with Gasteiger partial charge in [0.25, 0.3) is 5.69 Å². The minimum atomic E-state index is -0.774. The molecule has 0 aliphatic rings. The van der Waals surface area contributed by atoms with E-state index in [-0.39, 0.29) is 16.4 Å². The smallest absolute Gasteiger partial charge is 0.408 e. The fourth-order valence-corrected chi connectivity index (χ4v) is 2.33. The molecule has 2 aromatic carbocycles. The molecule has 0 radical (unpaired) electrons. The van der Waals surface area contributed by atoms with Crippen molar-refractivity contribution in [3.8, 4) is 5.75 Å². The minimum Gasteiger partial charge on any atom is -0.408 e. The van der Waals surface area contributed by atoms with E-state index in [1.54, 1.807) is 24.4 Å². The number of non-ortho nitro benzene ring substituents is 1. The summed E-state index contributed by atoms with van der Waals surface area (Å²) in [6, 6.07) is 12.6. The number of halogens is 1. The molecule has 0 bridgehead atoms. The first-order valence-corrected chi connectivity index (χ1v) is 7.19. The van der Waals surface area contributed by atoms with E-state index in [2.05, 4.69) is 10.3 Å². The van der Waals surface area contributed by atoms with Crippen LogP contribution in [0.25, 0.3) is 10.9 Å². The Kier molecular flexibility index (Phi) is 4.26. The molecule has 3 rings (SSSR count). The van der Waals surface area contributed by atoms with Gasteiger partial charge in [0.15, 0.2) is 5.75 Å². The molecule has 120 valence electrons. The molecule has 0 atom stereocenters. The SMILES string of the molecule is O=C(Nc1ccc([N+](=O)[O-])cc1Cl)Oc1cccc2cccnc12. The number of nitrogens with one attached hydrogen (secondary N) is 1. The maximum absolute atomic E-state index is 12.0. The second-order valence-corrected chi connectivity index (χ2v) is 5.17. The number of rotatable bonds is 3. The quantitative estimate of drug-likeness (QED) is 0.561. The van der Waals surface area contributed by atoms with Crippen molar-refractivity contribution in [1.82, 2.24) is 4.98 Å². The van der Waals surface area contributed by atoms with Crippen LogP contribution in [0, 0.1) is 10.1 Å². The highest BCUT2D eigenvalue weighted by molar-refractivity contribution is 6.33. The second-order valence-electron chi connectivity index (χ2n) is 4.77. The summed E-state index contributed by atoms with van der Waals surface area (Å²) in [5, 5.41) is 14.0. The Hall–Kier alpha value is -3.19. The van der Waals surface area contributed by atoms with Crippen LogP contribution in [0.4, 0.5) is 16.2 Å². The van der Waals surface area contributed by atoms with Gasteiger partial charge in [-0.05, 0) is 18.2 Å². The number of fused-ring (bicyclic) bond motifs is 1. The molecule has 0 spiro atoms. The van der Waals surface area contributed by atoms with E-state index >= 15 is 0 Å². The summed E-state index contributed by atoms with van der Waals surface area (Å²) in [5.41, 5.74) is 0.586. The van der Waals surface area contributed by atoms with Crippen molar-refractivity contribution in [2.45, 2.75) is 0 Å². The summed E-state index contributed by atoms with van der Waals surface area (Å²) in [5.74, 6) is 0.295.